The zero-order chi connectivity index (χ0) is 9.97. The van der Waals surface area contributed by atoms with Crippen LogP contribution in [-0.2, 0) is 0 Å². The van der Waals surface area contributed by atoms with Gasteiger partial charge in [-0.2, -0.15) is 5.10 Å². The molecular weight excluding hydrogens is 178 g/mol. The number of carbonyl (C=O) groups is 1. The first kappa shape index (κ1) is 9.49. The number of nitrogens with zero attached hydrogens (tertiary/aromatic N) is 1. The fourth-order valence-corrected chi connectivity index (χ4v) is 2.69. The molecule has 3 N–H and O–H groups in total. The molecule has 4 heteroatoms. The van der Waals surface area contributed by atoms with Gasteiger partial charge in [-0.1, -0.05) is 12.8 Å². The molecule has 2 amide bonds. The summed E-state index contributed by atoms with van der Waals surface area (Å²) in [5.41, 5.74) is 8.48. The van der Waals surface area contributed by atoms with Crippen molar-refractivity contribution < 1.29 is 4.79 Å². The van der Waals surface area contributed by atoms with E-state index in [4.69, 9.17) is 5.73 Å². The van der Waals surface area contributed by atoms with E-state index in [2.05, 4.69) is 10.5 Å². The van der Waals surface area contributed by atoms with Crippen LogP contribution in [0.4, 0.5) is 4.79 Å². The molecule has 2 aliphatic rings. The van der Waals surface area contributed by atoms with Crippen LogP contribution in [0.5, 0.6) is 0 Å². The van der Waals surface area contributed by atoms with Gasteiger partial charge in [-0.05, 0) is 37.5 Å². The molecule has 0 aliphatic heterocycles. The Morgan fingerprint density at radius 1 is 1.43 bits per heavy atom. The summed E-state index contributed by atoms with van der Waals surface area (Å²) in [5.74, 6) is 1.51. The lowest BCUT2D eigenvalue weighted by Crippen LogP contribution is -2.32. The van der Waals surface area contributed by atoms with Gasteiger partial charge >= 0.3 is 6.03 Å². The second-order valence-corrected chi connectivity index (χ2v) is 4.35. The number of primary amides is 1. The minimum Gasteiger partial charge on any atom is -0.350 e. The summed E-state index contributed by atoms with van der Waals surface area (Å²) in [4.78, 5) is 10.5. The van der Waals surface area contributed by atoms with Gasteiger partial charge in [0.15, 0.2) is 0 Å². The Kier molecular flexibility index (Phi) is 2.70. The molecule has 0 radical (unpaired) electrons. The Morgan fingerprint density at radius 2 is 2.29 bits per heavy atom. The van der Waals surface area contributed by atoms with E-state index in [1.165, 1.54) is 32.1 Å². The first-order valence-electron chi connectivity index (χ1n) is 5.37. The summed E-state index contributed by atoms with van der Waals surface area (Å²) < 4.78 is 0. The molecule has 2 atom stereocenters. The van der Waals surface area contributed by atoms with E-state index in [-0.39, 0.29) is 0 Å². The van der Waals surface area contributed by atoms with Crippen molar-refractivity contribution >= 4 is 11.7 Å². The van der Waals surface area contributed by atoms with Gasteiger partial charge in [0.05, 0.1) is 0 Å². The molecule has 78 valence electrons. The Morgan fingerprint density at radius 3 is 3.07 bits per heavy atom. The fourth-order valence-electron chi connectivity index (χ4n) is 2.69. The van der Waals surface area contributed by atoms with E-state index >= 15 is 0 Å². The van der Waals surface area contributed by atoms with Gasteiger partial charge in [0.2, 0.25) is 0 Å². The van der Waals surface area contributed by atoms with Crippen LogP contribution in [0.15, 0.2) is 5.10 Å². The SMILES string of the molecule is NC(=O)N/N=C1\CCC2CCCC1C2. The molecular formula is C10H17N3O. The van der Waals surface area contributed by atoms with Gasteiger partial charge in [-0.3, -0.25) is 0 Å². The first-order chi connectivity index (χ1) is 6.75. The maximum Gasteiger partial charge on any atom is 0.332 e. The Labute approximate surface area is 83.9 Å². The molecule has 2 fully saturated rings. The Bertz CT molecular complexity index is 262. The monoisotopic (exact) mass is 195 g/mol. The standard InChI is InChI=1S/C10H17N3O/c11-10(14)13-12-9-5-4-7-2-1-3-8(9)6-7/h7-8H,1-6H2,(H3,11,13,14)/b12-9+. The van der Waals surface area contributed by atoms with Crippen molar-refractivity contribution in [2.75, 3.05) is 0 Å². The number of rotatable bonds is 1. The average molecular weight is 195 g/mol. The summed E-state index contributed by atoms with van der Waals surface area (Å²) in [6.45, 7) is 0. The van der Waals surface area contributed by atoms with Crippen molar-refractivity contribution in [1.82, 2.24) is 5.43 Å². The van der Waals surface area contributed by atoms with Crippen LogP contribution in [-0.4, -0.2) is 11.7 Å². The van der Waals surface area contributed by atoms with E-state index in [1.54, 1.807) is 0 Å². The zero-order valence-electron chi connectivity index (χ0n) is 8.33. The second-order valence-electron chi connectivity index (χ2n) is 4.35. The van der Waals surface area contributed by atoms with Gasteiger partial charge in [-0.15, -0.1) is 0 Å². The highest BCUT2D eigenvalue weighted by Gasteiger charge is 2.30. The number of amides is 2. The number of urea groups is 1. The van der Waals surface area contributed by atoms with Gasteiger partial charge in [0, 0.05) is 5.71 Å². The third-order valence-electron chi connectivity index (χ3n) is 3.37. The average Bonchev–Trinajstić information content (AvgIpc) is 2.17. The van der Waals surface area contributed by atoms with Crippen LogP contribution in [0.2, 0.25) is 0 Å². The maximum absolute atomic E-state index is 10.5. The largest absolute Gasteiger partial charge is 0.350 e. The van der Waals surface area contributed by atoms with Crippen molar-refractivity contribution in [2.24, 2.45) is 22.7 Å². The predicted octanol–water partition coefficient (Wildman–Crippen LogP) is 1.61. The quantitative estimate of drug-likeness (QED) is 0.613. The number of hydrazone groups is 1. The molecule has 2 saturated carbocycles. The lowest BCUT2D eigenvalue weighted by atomic mass is 9.71. The second kappa shape index (κ2) is 3.98. The van der Waals surface area contributed by atoms with Gasteiger partial charge in [0.25, 0.3) is 0 Å². The first-order valence-corrected chi connectivity index (χ1v) is 5.37. The lowest BCUT2D eigenvalue weighted by molar-refractivity contribution is 0.248. The van der Waals surface area contributed by atoms with E-state index in [0.717, 1.165) is 18.1 Å². The predicted molar refractivity (Wildman–Crippen MR) is 54.8 cm³/mol. The highest BCUT2D eigenvalue weighted by Crippen LogP contribution is 2.38. The van der Waals surface area contributed by atoms with Crippen LogP contribution < -0.4 is 11.2 Å². The summed E-state index contributed by atoms with van der Waals surface area (Å²) in [7, 11) is 0. The molecule has 14 heavy (non-hydrogen) atoms. The molecule has 0 aromatic heterocycles. The topological polar surface area (TPSA) is 67.5 Å². The molecule has 4 nitrogen and oxygen atoms in total. The number of hydrogen-bond donors (Lipinski definition) is 2. The van der Waals surface area contributed by atoms with Crippen molar-refractivity contribution in [3.8, 4) is 0 Å². The van der Waals surface area contributed by atoms with Crippen LogP contribution in [0.3, 0.4) is 0 Å². The van der Waals surface area contributed by atoms with Crippen LogP contribution in [0.1, 0.15) is 38.5 Å². The van der Waals surface area contributed by atoms with Gasteiger partial charge < -0.3 is 5.73 Å². The van der Waals surface area contributed by atoms with Gasteiger partial charge in [-0.25, -0.2) is 10.2 Å². The number of hydrogen-bond acceptors (Lipinski definition) is 2. The molecule has 0 spiro atoms. The van der Waals surface area contributed by atoms with Crippen LogP contribution in [0.25, 0.3) is 0 Å². The molecule has 0 heterocycles. The van der Waals surface area contributed by atoms with E-state index < -0.39 is 6.03 Å². The molecule has 0 aromatic rings. The molecule has 2 rings (SSSR count). The van der Waals surface area contributed by atoms with E-state index in [9.17, 15) is 4.79 Å². The van der Waals surface area contributed by atoms with Crippen LogP contribution in [0, 0.1) is 11.8 Å². The van der Waals surface area contributed by atoms with Crippen LogP contribution >= 0.6 is 0 Å². The van der Waals surface area contributed by atoms with Crippen molar-refractivity contribution in [1.29, 1.82) is 0 Å². The van der Waals surface area contributed by atoms with Crippen molar-refractivity contribution in [2.45, 2.75) is 38.5 Å². The van der Waals surface area contributed by atoms with E-state index in [0.29, 0.717) is 5.92 Å². The summed E-state index contributed by atoms with van der Waals surface area (Å²) in [6.07, 6.45) is 7.46. The fraction of sp³-hybridized carbons (Fsp3) is 0.800. The molecule has 2 unspecified atom stereocenters. The molecule has 0 aromatic carbocycles. The normalized spacial score (nSPS) is 34.1. The third-order valence-corrected chi connectivity index (χ3v) is 3.37. The smallest absolute Gasteiger partial charge is 0.332 e. The van der Waals surface area contributed by atoms with Crippen molar-refractivity contribution in [3.63, 3.8) is 0 Å². The third kappa shape index (κ3) is 2.05. The van der Waals surface area contributed by atoms with Crippen molar-refractivity contribution in [3.05, 3.63) is 0 Å². The van der Waals surface area contributed by atoms with E-state index in [1.807, 2.05) is 0 Å². The summed E-state index contributed by atoms with van der Waals surface area (Å²) >= 11 is 0. The lowest BCUT2D eigenvalue weighted by Gasteiger charge is -2.35. The Balaban J connectivity index is 1.98. The minimum atomic E-state index is -0.560. The summed E-state index contributed by atoms with van der Waals surface area (Å²) in [5, 5.41) is 4.10. The Hall–Kier alpha value is -1.06. The number of fused-ring (bicyclic) bond motifs is 2. The zero-order valence-corrected chi connectivity index (χ0v) is 8.33. The number of nitrogens with two attached hydrogens (primary N) is 1. The van der Waals surface area contributed by atoms with Gasteiger partial charge in [0.1, 0.15) is 0 Å². The number of carbonyl (C=O) groups excluding carboxylic acids is 1. The highest BCUT2D eigenvalue weighted by atomic mass is 16.2. The molecule has 0 saturated heterocycles. The minimum absolute atomic E-state index is 0.560. The molecule has 2 bridgehead atoms. The maximum atomic E-state index is 10.5. The highest BCUT2D eigenvalue weighted by molar-refractivity contribution is 5.88. The number of nitrogens with one attached hydrogen (secondary N) is 1. The molecule has 2 aliphatic carbocycles. The summed E-state index contributed by atoms with van der Waals surface area (Å²) in [6, 6.07) is -0.560.